The molecule has 0 spiro atoms. The molecule has 0 saturated carbocycles. The van der Waals surface area contributed by atoms with E-state index >= 15 is 0 Å². The van der Waals surface area contributed by atoms with Crippen LogP contribution in [0, 0.1) is 5.82 Å². The number of benzene rings is 2. The molecule has 0 atom stereocenters. The van der Waals surface area contributed by atoms with E-state index in [1.54, 1.807) is 36.5 Å². The van der Waals surface area contributed by atoms with Crippen molar-refractivity contribution in [3.63, 3.8) is 0 Å². The normalized spacial score (nSPS) is 11.0. The highest BCUT2D eigenvalue weighted by atomic mass is 35.5. The van der Waals surface area contributed by atoms with Crippen molar-refractivity contribution in [2.75, 3.05) is 5.32 Å². The van der Waals surface area contributed by atoms with Crippen molar-refractivity contribution in [1.82, 2.24) is 9.38 Å². The second-order valence-corrected chi connectivity index (χ2v) is 6.35. The summed E-state index contributed by atoms with van der Waals surface area (Å²) in [6.07, 6.45) is 1.79. The molecule has 0 saturated heterocycles. The monoisotopic (exact) mass is 367 g/mol. The first kappa shape index (κ1) is 16.4. The third-order valence-corrected chi connectivity index (χ3v) is 4.32. The van der Waals surface area contributed by atoms with Gasteiger partial charge in [0.25, 0.3) is 0 Å². The van der Waals surface area contributed by atoms with E-state index < -0.39 is 0 Å². The van der Waals surface area contributed by atoms with Gasteiger partial charge in [-0.3, -0.25) is 4.40 Å². The zero-order valence-corrected chi connectivity index (χ0v) is 14.4. The molecule has 4 rings (SSSR count). The van der Waals surface area contributed by atoms with E-state index in [0.29, 0.717) is 11.6 Å². The van der Waals surface area contributed by atoms with Crippen molar-refractivity contribution in [1.29, 1.82) is 0 Å². The summed E-state index contributed by atoms with van der Waals surface area (Å²) in [6, 6.07) is 16.8. The van der Waals surface area contributed by atoms with Crippen LogP contribution in [0.25, 0.3) is 16.9 Å². The maximum atomic E-state index is 13.1. The van der Waals surface area contributed by atoms with Gasteiger partial charge in [-0.1, -0.05) is 23.7 Å². The second-order valence-electron chi connectivity index (χ2n) is 5.91. The van der Waals surface area contributed by atoms with Crippen LogP contribution < -0.4 is 5.32 Å². The number of fused-ring (bicyclic) bond motifs is 1. The molecular formula is C20H15ClFN3O. The SMILES string of the molecule is Oc1ccc(-c2nc3ccc(Cl)cn3c2NCc2ccc(F)cc2)cc1. The Morgan fingerprint density at radius 3 is 2.46 bits per heavy atom. The Morgan fingerprint density at radius 1 is 1.00 bits per heavy atom. The van der Waals surface area contributed by atoms with Gasteiger partial charge in [0, 0.05) is 18.3 Å². The molecule has 0 aliphatic carbocycles. The summed E-state index contributed by atoms with van der Waals surface area (Å²) >= 11 is 6.15. The number of phenolic OH excluding ortho intramolecular Hbond substituents is 1. The molecule has 0 amide bonds. The second kappa shape index (κ2) is 6.69. The van der Waals surface area contributed by atoms with Gasteiger partial charge in [0.2, 0.25) is 0 Å². The summed E-state index contributed by atoms with van der Waals surface area (Å²) in [5.41, 5.74) is 3.30. The van der Waals surface area contributed by atoms with Crippen LogP contribution in [-0.4, -0.2) is 14.5 Å². The Kier molecular flexibility index (Phi) is 4.22. The van der Waals surface area contributed by atoms with E-state index in [1.807, 2.05) is 22.6 Å². The minimum Gasteiger partial charge on any atom is -0.508 e. The average molecular weight is 368 g/mol. The standard InChI is InChI=1S/C20H15ClFN3O/c21-15-5-10-18-24-19(14-3-8-17(26)9-4-14)20(25(18)12-15)23-11-13-1-6-16(22)7-2-13/h1-10,12,23,26H,11H2. The number of halogens is 2. The molecule has 26 heavy (non-hydrogen) atoms. The summed E-state index contributed by atoms with van der Waals surface area (Å²) in [5.74, 6) is 0.707. The number of nitrogens with one attached hydrogen (secondary N) is 1. The Hall–Kier alpha value is -3.05. The van der Waals surface area contributed by atoms with E-state index in [2.05, 4.69) is 10.3 Å². The van der Waals surface area contributed by atoms with E-state index in [0.717, 1.165) is 28.3 Å². The zero-order valence-electron chi connectivity index (χ0n) is 13.7. The minimum atomic E-state index is -0.264. The summed E-state index contributed by atoms with van der Waals surface area (Å²) < 4.78 is 15.0. The third kappa shape index (κ3) is 3.21. The van der Waals surface area contributed by atoms with Crippen LogP contribution in [0.3, 0.4) is 0 Å². The van der Waals surface area contributed by atoms with E-state index in [1.165, 1.54) is 12.1 Å². The molecule has 4 aromatic rings. The van der Waals surface area contributed by atoms with Crippen molar-refractivity contribution < 1.29 is 9.50 Å². The topological polar surface area (TPSA) is 49.6 Å². The van der Waals surface area contributed by atoms with Crippen molar-refractivity contribution in [2.45, 2.75) is 6.54 Å². The molecule has 0 fully saturated rings. The fraction of sp³-hybridized carbons (Fsp3) is 0.0500. The first-order chi connectivity index (χ1) is 12.6. The highest BCUT2D eigenvalue weighted by Gasteiger charge is 2.14. The minimum absolute atomic E-state index is 0.196. The van der Waals surface area contributed by atoms with Crippen molar-refractivity contribution >= 4 is 23.1 Å². The number of nitrogens with zero attached hydrogens (tertiary/aromatic N) is 2. The van der Waals surface area contributed by atoms with Gasteiger partial charge in [0.1, 0.15) is 28.7 Å². The molecule has 0 aliphatic rings. The number of hydrogen-bond donors (Lipinski definition) is 2. The molecule has 2 N–H and O–H groups in total. The van der Waals surface area contributed by atoms with Gasteiger partial charge in [0.05, 0.1) is 5.02 Å². The number of hydrogen-bond acceptors (Lipinski definition) is 3. The van der Waals surface area contributed by atoms with Crippen LogP contribution in [-0.2, 0) is 6.54 Å². The molecule has 0 bridgehead atoms. The smallest absolute Gasteiger partial charge is 0.139 e. The van der Waals surface area contributed by atoms with Gasteiger partial charge in [-0.2, -0.15) is 0 Å². The van der Waals surface area contributed by atoms with E-state index in [4.69, 9.17) is 11.6 Å². The fourth-order valence-corrected chi connectivity index (χ4v) is 2.96. The number of pyridine rings is 1. The van der Waals surface area contributed by atoms with Gasteiger partial charge >= 0.3 is 0 Å². The molecule has 2 aromatic heterocycles. The molecule has 6 heteroatoms. The van der Waals surface area contributed by atoms with Crippen LogP contribution >= 0.6 is 11.6 Å². The largest absolute Gasteiger partial charge is 0.508 e. The van der Waals surface area contributed by atoms with Gasteiger partial charge in [-0.05, 0) is 54.1 Å². The van der Waals surface area contributed by atoms with Gasteiger partial charge in [-0.25, -0.2) is 9.37 Å². The van der Waals surface area contributed by atoms with Crippen molar-refractivity contribution in [3.8, 4) is 17.0 Å². The number of aromatic hydroxyl groups is 1. The maximum absolute atomic E-state index is 13.1. The summed E-state index contributed by atoms with van der Waals surface area (Å²) in [5, 5.41) is 13.5. The van der Waals surface area contributed by atoms with Crippen molar-refractivity contribution in [2.24, 2.45) is 0 Å². The van der Waals surface area contributed by atoms with Gasteiger partial charge in [-0.15, -0.1) is 0 Å². The maximum Gasteiger partial charge on any atom is 0.139 e. The number of rotatable bonds is 4. The van der Waals surface area contributed by atoms with Gasteiger partial charge in [0.15, 0.2) is 0 Å². The highest BCUT2D eigenvalue weighted by molar-refractivity contribution is 6.30. The van der Waals surface area contributed by atoms with Crippen LogP contribution in [0.1, 0.15) is 5.56 Å². The quantitative estimate of drug-likeness (QED) is 0.527. The third-order valence-electron chi connectivity index (χ3n) is 4.10. The predicted octanol–water partition coefficient (Wildman–Crippen LogP) is 5.11. The molecule has 0 aliphatic heterocycles. The number of aromatic nitrogens is 2. The molecule has 130 valence electrons. The Morgan fingerprint density at radius 2 is 1.73 bits per heavy atom. The Labute approximate surface area is 154 Å². The van der Waals surface area contributed by atoms with E-state index in [-0.39, 0.29) is 11.6 Å². The van der Waals surface area contributed by atoms with Crippen molar-refractivity contribution in [3.05, 3.63) is 83.3 Å². The molecule has 2 aromatic carbocycles. The number of imidazole rings is 1. The van der Waals surface area contributed by atoms with Crippen LogP contribution in [0.15, 0.2) is 66.9 Å². The lowest BCUT2D eigenvalue weighted by Gasteiger charge is -2.09. The lowest BCUT2D eigenvalue weighted by atomic mass is 10.1. The Balaban J connectivity index is 1.76. The summed E-state index contributed by atoms with van der Waals surface area (Å²) in [7, 11) is 0. The fourth-order valence-electron chi connectivity index (χ4n) is 2.80. The molecule has 0 unspecified atom stereocenters. The summed E-state index contributed by atoms with van der Waals surface area (Å²) in [6.45, 7) is 0.506. The summed E-state index contributed by atoms with van der Waals surface area (Å²) in [4.78, 5) is 4.68. The van der Waals surface area contributed by atoms with Crippen LogP contribution in [0.2, 0.25) is 5.02 Å². The van der Waals surface area contributed by atoms with Crippen LogP contribution in [0.5, 0.6) is 5.75 Å². The number of anilines is 1. The molecule has 2 heterocycles. The Bertz CT molecular complexity index is 1060. The highest BCUT2D eigenvalue weighted by Crippen LogP contribution is 2.31. The first-order valence-corrected chi connectivity index (χ1v) is 8.43. The predicted molar refractivity (Wildman–Crippen MR) is 101 cm³/mol. The van der Waals surface area contributed by atoms with E-state index in [9.17, 15) is 9.50 Å². The van der Waals surface area contributed by atoms with Crippen LogP contribution in [0.4, 0.5) is 10.2 Å². The molecule has 4 nitrogen and oxygen atoms in total. The molecule has 0 radical (unpaired) electrons. The average Bonchev–Trinajstić information content (AvgIpc) is 2.99. The lowest BCUT2D eigenvalue weighted by molar-refractivity contribution is 0.475. The zero-order chi connectivity index (χ0) is 18.1. The lowest BCUT2D eigenvalue weighted by Crippen LogP contribution is -2.03. The molecular weight excluding hydrogens is 353 g/mol. The number of phenols is 1. The first-order valence-electron chi connectivity index (χ1n) is 8.05. The van der Waals surface area contributed by atoms with Gasteiger partial charge < -0.3 is 10.4 Å².